The molecule has 0 heterocycles. The van der Waals surface area contributed by atoms with Gasteiger partial charge in [-0.3, -0.25) is 4.79 Å². The van der Waals surface area contributed by atoms with E-state index in [1.54, 1.807) is 13.8 Å². The Bertz CT molecular complexity index is 548. The summed E-state index contributed by atoms with van der Waals surface area (Å²) in [6, 6.07) is 0. The summed E-state index contributed by atoms with van der Waals surface area (Å²) in [6.07, 6.45) is -0.235. The summed E-state index contributed by atoms with van der Waals surface area (Å²) in [5, 5.41) is 8.86. The number of hydrogen-bond acceptors (Lipinski definition) is 3. The van der Waals surface area contributed by atoms with E-state index in [4.69, 9.17) is 5.11 Å². The molecule has 1 rings (SSSR count). The molecule has 17 heavy (non-hydrogen) atoms. The zero-order chi connectivity index (χ0) is 13.3. The number of hydrogen-bond donors (Lipinski definition) is 1. The van der Waals surface area contributed by atoms with Gasteiger partial charge in [0.15, 0.2) is 0 Å². The second-order valence-electron chi connectivity index (χ2n) is 4.08. The van der Waals surface area contributed by atoms with Gasteiger partial charge in [0.05, 0.1) is 9.99 Å². The van der Waals surface area contributed by atoms with Crippen LogP contribution in [0.4, 0.5) is 0 Å². The molecule has 1 aromatic rings. The van der Waals surface area contributed by atoms with Gasteiger partial charge in [0, 0.05) is 0 Å². The molecule has 0 unspecified atom stereocenters. The molecule has 0 aliphatic heterocycles. The Kier molecular flexibility index (Phi) is 4.24. The van der Waals surface area contributed by atoms with Crippen LogP contribution in [0.5, 0.6) is 0 Å². The highest BCUT2D eigenvalue weighted by Crippen LogP contribution is 2.33. The van der Waals surface area contributed by atoms with Crippen LogP contribution in [0.3, 0.4) is 0 Å². The molecule has 0 aliphatic carbocycles. The number of carbonyl (C=O) groups is 1. The predicted molar refractivity (Wildman–Crippen MR) is 70.8 cm³/mol. The minimum Gasteiger partial charge on any atom is -0.481 e. The van der Waals surface area contributed by atoms with Crippen LogP contribution in [-0.2, 0) is 17.4 Å². The predicted octanol–water partition coefficient (Wildman–Crippen LogP) is 2.91. The molecular formula is C12H15IO4. The van der Waals surface area contributed by atoms with Gasteiger partial charge in [0.2, 0.25) is 0 Å². The largest absolute Gasteiger partial charge is 0.481 e. The lowest BCUT2D eigenvalue weighted by atomic mass is 9.93. The first-order valence-corrected chi connectivity index (χ1v) is 7.97. The van der Waals surface area contributed by atoms with Crippen molar-refractivity contribution in [1.82, 2.24) is 0 Å². The third kappa shape index (κ3) is 2.65. The standard InChI is InChI=1S/C12H15IO4/c1-6-7(2)9(4)12(13(16)17)10(8(6)3)5-11(14)15/h5H2,1-4H3,(H,14,15). The zero-order valence-corrected chi connectivity index (χ0v) is 12.4. The third-order valence-electron chi connectivity index (χ3n) is 3.22. The second-order valence-corrected chi connectivity index (χ2v) is 6.40. The molecule has 0 bridgehead atoms. The van der Waals surface area contributed by atoms with Crippen molar-refractivity contribution in [2.24, 2.45) is 0 Å². The fraction of sp³-hybridized carbons (Fsp3) is 0.417. The Morgan fingerprint density at radius 3 is 1.88 bits per heavy atom. The zero-order valence-electron chi connectivity index (χ0n) is 10.3. The highest BCUT2D eigenvalue weighted by atomic mass is 127. The lowest BCUT2D eigenvalue weighted by Gasteiger charge is -2.15. The highest BCUT2D eigenvalue weighted by molar-refractivity contribution is 14.2. The fourth-order valence-corrected chi connectivity index (χ4v) is 4.11. The molecule has 0 aliphatic rings. The topological polar surface area (TPSA) is 71.4 Å². The van der Waals surface area contributed by atoms with Gasteiger partial charge < -0.3 is 5.11 Å². The van der Waals surface area contributed by atoms with E-state index < -0.39 is 25.8 Å². The molecular weight excluding hydrogens is 335 g/mol. The van der Waals surface area contributed by atoms with Crippen molar-refractivity contribution in [3.63, 3.8) is 0 Å². The van der Waals surface area contributed by atoms with Gasteiger partial charge in [-0.2, -0.15) is 0 Å². The molecule has 0 aromatic heterocycles. The van der Waals surface area contributed by atoms with Gasteiger partial charge in [-0.1, -0.05) is 0 Å². The van der Waals surface area contributed by atoms with Gasteiger partial charge in [0.25, 0.3) is 0 Å². The first-order chi connectivity index (χ1) is 7.77. The Morgan fingerprint density at radius 1 is 1.00 bits per heavy atom. The Hall–Kier alpha value is -0.980. The summed E-state index contributed by atoms with van der Waals surface area (Å²) >= 11 is -3.68. The summed E-state index contributed by atoms with van der Waals surface area (Å²) in [4.78, 5) is 10.8. The summed E-state index contributed by atoms with van der Waals surface area (Å²) in [5.74, 6) is -1.00. The highest BCUT2D eigenvalue weighted by Gasteiger charge is 2.20. The summed E-state index contributed by atoms with van der Waals surface area (Å²) in [7, 11) is 0. The normalized spacial score (nSPS) is 10.9. The minimum atomic E-state index is -3.68. The molecule has 1 N–H and O–H groups in total. The number of halogens is 1. The number of benzene rings is 1. The summed E-state index contributed by atoms with van der Waals surface area (Å²) < 4.78 is 23.0. The van der Waals surface area contributed by atoms with Crippen LogP contribution in [0.15, 0.2) is 0 Å². The number of carboxylic acid groups (broad SMARTS) is 1. The monoisotopic (exact) mass is 350 g/mol. The number of carboxylic acids is 1. The van der Waals surface area contributed by atoms with E-state index in [0.717, 1.165) is 16.7 Å². The van der Waals surface area contributed by atoms with Crippen molar-refractivity contribution in [2.75, 3.05) is 0 Å². The van der Waals surface area contributed by atoms with E-state index in [-0.39, 0.29) is 9.99 Å². The first kappa shape index (κ1) is 14.1. The number of aliphatic carboxylic acids is 1. The maximum Gasteiger partial charge on any atom is 0.341 e. The SMILES string of the molecule is Cc1c(C)c(C)c(I(=O)=O)c(CC(=O)O)c1C. The Labute approximate surface area is 107 Å². The van der Waals surface area contributed by atoms with Crippen molar-refractivity contribution >= 4 is 25.8 Å². The van der Waals surface area contributed by atoms with Gasteiger partial charge in [0.1, 0.15) is 0 Å². The van der Waals surface area contributed by atoms with Gasteiger partial charge in [-0.05, 0) is 55.5 Å². The van der Waals surface area contributed by atoms with Gasteiger partial charge in [-0.25, -0.2) is 6.14 Å². The fourth-order valence-electron chi connectivity index (χ4n) is 1.91. The quantitative estimate of drug-likeness (QED) is 0.851. The van der Waals surface area contributed by atoms with Gasteiger partial charge in [-0.15, -0.1) is 0 Å². The van der Waals surface area contributed by atoms with E-state index in [2.05, 4.69) is 0 Å². The van der Waals surface area contributed by atoms with Crippen molar-refractivity contribution in [1.29, 1.82) is 0 Å². The van der Waals surface area contributed by atoms with Gasteiger partial charge >= 0.3 is 25.8 Å². The van der Waals surface area contributed by atoms with E-state index in [1.165, 1.54) is 0 Å². The van der Waals surface area contributed by atoms with Crippen LogP contribution < -0.4 is 0 Å². The molecule has 94 valence electrons. The molecule has 0 saturated heterocycles. The third-order valence-corrected chi connectivity index (χ3v) is 5.56. The molecule has 1 aromatic carbocycles. The maximum absolute atomic E-state index is 11.4. The first-order valence-electron chi connectivity index (χ1n) is 5.13. The smallest absolute Gasteiger partial charge is 0.341 e. The molecule has 0 atom stereocenters. The second kappa shape index (κ2) is 5.12. The molecule has 4 nitrogen and oxygen atoms in total. The van der Waals surface area contributed by atoms with E-state index in [9.17, 15) is 10.9 Å². The van der Waals surface area contributed by atoms with Crippen LogP contribution in [0.2, 0.25) is 0 Å². The van der Waals surface area contributed by atoms with Crippen molar-refractivity contribution in [3.05, 3.63) is 31.4 Å². The lowest BCUT2D eigenvalue weighted by Crippen LogP contribution is -2.09. The van der Waals surface area contributed by atoms with E-state index in [0.29, 0.717) is 11.1 Å². The molecule has 0 amide bonds. The van der Waals surface area contributed by atoms with Crippen LogP contribution in [0.1, 0.15) is 27.8 Å². The average molecular weight is 350 g/mol. The molecule has 0 radical (unpaired) electrons. The van der Waals surface area contributed by atoms with Crippen LogP contribution in [0.25, 0.3) is 0 Å². The van der Waals surface area contributed by atoms with Crippen LogP contribution >= 0.6 is 19.8 Å². The van der Waals surface area contributed by atoms with Crippen LogP contribution in [-0.4, -0.2) is 11.1 Å². The molecule has 0 saturated carbocycles. The van der Waals surface area contributed by atoms with Crippen LogP contribution in [0, 0.1) is 31.3 Å². The minimum absolute atomic E-state index is 0.235. The lowest BCUT2D eigenvalue weighted by molar-refractivity contribution is -0.136. The Balaban J connectivity index is 3.71. The summed E-state index contributed by atoms with van der Waals surface area (Å²) in [5.41, 5.74) is 3.83. The Morgan fingerprint density at radius 2 is 1.47 bits per heavy atom. The average Bonchev–Trinajstić information content (AvgIpc) is 2.22. The van der Waals surface area contributed by atoms with Crippen molar-refractivity contribution < 1.29 is 16.0 Å². The molecule has 5 heteroatoms. The molecule has 0 spiro atoms. The van der Waals surface area contributed by atoms with E-state index >= 15 is 0 Å². The van der Waals surface area contributed by atoms with Crippen molar-refractivity contribution in [3.8, 4) is 0 Å². The van der Waals surface area contributed by atoms with E-state index in [1.807, 2.05) is 13.8 Å². The number of rotatable bonds is 3. The summed E-state index contributed by atoms with van der Waals surface area (Å²) in [6.45, 7) is 7.28. The van der Waals surface area contributed by atoms with Crippen molar-refractivity contribution in [2.45, 2.75) is 34.1 Å². The molecule has 0 fully saturated rings. The maximum atomic E-state index is 11.4.